The van der Waals surface area contributed by atoms with Crippen LogP contribution in [-0.2, 0) is 22.4 Å². The number of thiazole rings is 1. The summed E-state index contributed by atoms with van der Waals surface area (Å²) in [4.78, 5) is 30.5. The lowest BCUT2D eigenvalue weighted by Gasteiger charge is -2.25. The summed E-state index contributed by atoms with van der Waals surface area (Å²) < 4.78 is 11.8. The minimum absolute atomic E-state index is 0.0132. The average Bonchev–Trinajstić information content (AvgIpc) is 3.29. The van der Waals surface area contributed by atoms with E-state index in [4.69, 9.17) is 9.15 Å². The predicted molar refractivity (Wildman–Crippen MR) is 129 cm³/mol. The van der Waals surface area contributed by atoms with Gasteiger partial charge >= 0.3 is 6.09 Å². The van der Waals surface area contributed by atoms with Crippen LogP contribution in [0.5, 0.6) is 0 Å². The third-order valence-electron chi connectivity index (χ3n) is 6.22. The Balaban J connectivity index is 1.22. The molecule has 35 heavy (non-hydrogen) atoms. The van der Waals surface area contributed by atoms with Gasteiger partial charge in [0.25, 0.3) is 0 Å². The Morgan fingerprint density at radius 1 is 1.29 bits per heavy atom. The van der Waals surface area contributed by atoms with Crippen molar-refractivity contribution >= 4 is 39.1 Å². The summed E-state index contributed by atoms with van der Waals surface area (Å²) in [6.07, 6.45) is 4.52. The molecule has 1 aromatic carbocycles. The summed E-state index contributed by atoms with van der Waals surface area (Å²) in [5, 5.41) is 21.1. The lowest BCUT2D eigenvalue weighted by Crippen LogP contribution is -2.40. The molecule has 0 saturated heterocycles. The molecule has 2 amide bonds. The SMILES string of the molecule is CCOC(=O)N1CC=C(c2ccc3nc(Cc4nnc(CC(=O)NC5(CO)CC5)o4)sc3c2)CC1. The molecule has 5 rings (SSSR count). The molecule has 11 heteroatoms. The Morgan fingerprint density at radius 3 is 2.83 bits per heavy atom. The van der Waals surface area contributed by atoms with Gasteiger partial charge in [-0.05, 0) is 49.5 Å². The van der Waals surface area contributed by atoms with Gasteiger partial charge in [-0.15, -0.1) is 21.5 Å². The Labute approximate surface area is 206 Å². The zero-order chi connectivity index (χ0) is 24.4. The highest BCUT2D eigenvalue weighted by Gasteiger charge is 2.43. The predicted octanol–water partition coefficient (Wildman–Crippen LogP) is 2.70. The molecule has 3 aromatic rings. The second-order valence-electron chi connectivity index (χ2n) is 8.84. The number of carbonyl (C=O) groups is 2. The fourth-order valence-corrected chi connectivity index (χ4v) is 5.07. The Kier molecular flexibility index (Phi) is 6.52. The smallest absolute Gasteiger partial charge is 0.410 e. The molecule has 2 aliphatic rings. The van der Waals surface area contributed by atoms with Crippen molar-refractivity contribution in [3.05, 3.63) is 46.6 Å². The number of rotatable bonds is 8. The molecule has 2 aromatic heterocycles. The lowest BCUT2D eigenvalue weighted by atomic mass is 9.99. The maximum Gasteiger partial charge on any atom is 0.410 e. The third-order valence-corrected chi connectivity index (χ3v) is 7.24. The first-order valence-electron chi connectivity index (χ1n) is 11.7. The highest BCUT2D eigenvalue weighted by Crippen LogP contribution is 2.34. The van der Waals surface area contributed by atoms with Crippen LogP contribution in [0.25, 0.3) is 15.8 Å². The van der Waals surface area contributed by atoms with E-state index in [-0.39, 0.29) is 30.9 Å². The molecule has 3 heterocycles. The number of hydrogen-bond acceptors (Lipinski definition) is 9. The second kappa shape index (κ2) is 9.74. The quantitative estimate of drug-likeness (QED) is 0.486. The van der Waals surface area contributed by atoms with Crippen LogP contribution in [0.1, 0.15) is 48.5 Å². The first-order valence-corrected chi connectivity index (χ1v) is 12.5. The number of nitrogens with zero attached hydrogens (tertiary/aromatic N) is 4. The van der Waals surface area contributed by atoms with Gasteiger partial charge in [0, 0.05) is 13.1 Å². The summed E-state index contributed by atoms with van der Waals surface area (Å²) in [7, 11) is 0. The van der Waals surface area contributed by atoms with E-state index in [0.717, 1.165) is 40.1 Å². The minimum Gasteiger partial charge on any atom is -0.450 e. The van der Waals surface area contributed by atoms with E-state index in [9.17, 15) is 14.7 Å². The molecule has 0 spiro atoms. The number of carbonyl (C=O) groups excluding carboxylic acids is 2. The van der Waals surface area contributed by atoms with E-state index in [2.05, 4.69) is 38.7 Å². The number of amides is 2. The summed E-state index contributed by atoms with van der Waals surface area (Å²) in [5.41, 5.74) is 2.76. The van der Waals surface area contributed by atoms with Crippen LogP contribution >= 0.6 is 11.3 Å². The lowest BCUT2D eigenvalue weighted by molar-refractivity contribution is -0.122. The van der Waals surface area contributed by atoms with Gasteiger partial charge in [-0.3, -0.25) is 4.79 Å². The second-order valence-corrected chi connectivity index (χ2v) is 9.96. The van der Waals surface area contributed by atoms with Crippen LogP contribution in [0.2, 0.25) is 0 Å². The molecular formula is C24H27N5O5S. The third kappa shape index (κ3) is 5.35. The molecule has 1 aliphatic carbocycles. The zero-order valence-electron chi connectivity index (χ0n) is 19.5. The number of aliphatic hydroxyl groups is 1. The summed E-state index contributed by atoms with van der Waals surface area (Å²) in [6, 6.07) is 6.18. The monoisotopic (exact) mass is 497 g/mol. The van der Waals surface area contributed by atoms with Crippen LogP contribution in [0.15, 0.2) is 28.7 Å². The number of benzene rings is 1. The highest BCUT2D eigenvalue weighted by molar-refractivity contribution is 7.18. The largest absolute Gasteiger partial charge is 0.450 e. The van der Waals surface area contributed by atoms with E-state index in [1.165, 1.54) is 5.57 Å². The molecule has 1 aliphatic heterocycles. The zero-order valence-corrected chi connectivity index (χ0v) is 20.3. The first-order chi connectivity index (χ1) is 17.0. The molecule has 0 radical (unpaired) electrons. The number of hydrogen-bond donors (Lipinski definition) is 2. The van der Waals surface area contributed by atoms with E-state index >= 15 is 0 Å². The van der Waals surface area contributed by atoms with Crippen LogP contribution in [-0.4, -0.2) is 69.0 Å². The van der Waals surface area contributed by atoms with Gasteiger partial charge in [0.1, 0.15) is 11.4 Å². The van der Waals surface area contributed by atoms with Crippen molar-refractivity contribution in [1.29, 1.82) is 0 Å². The minimum atomic E-state index is -0.465. The number of fused-ring (bicyclic) bond motifs is 1. The average molecular weight is 498 g/mol. The molecule has 0 unspecified atom stereocenters. The van der Waals surface area contributed by atoms with Crippen molar-refractivity contribution in [2.24, 2.45) is 0 Å². The summed E-state index contributed by atoms with van der Waals surface area (Å²) >= 11 is 1.57. The van der Waals surface area contributed by atoms with Crippen LogP contribution in [0.3, 0.4) is 0 Å². The Morgan fingerprint density at radius 2 is 2.11 bits per heavy atom. The van der Waals surface area contributed by atoms with E-state index in [1.54, 1.807) is 23.2 Å². The Hall–Kier alpha value is -3.31. The van der Waals surface area contributed by atoms with Gasteiger partial charge in [-0.2, -0.15) is 0 Å². The molecule has 10 nitrogen and oxygen atoms in total. The standard InChI is InChI=1S/C24H27N5O5S/c1-2-33-23(32)29-9-5-15(6-10-29)16-3-4-17-18(11-16)35-22(25-17)13-21-28-27-20(34-21)12-19(31)26-24(14-30)7-8-24/h3-5,11,30H,2,6-10,12-14H2,1H3,(H,26,31). The van der Waals surface area contributed by atoms with Crippen molar-refractivity contribution in [2.45, 2.75) is 44.6 Å². The number of nitrogens with one attached hydrogen (secondary N) is 1. The van der Waals surface area contributed by atoms with Crippen LogP contribution in [0.4, 0.5) is 4.79 Å². The molecule has 0 bridgehead atoms. The van der Waals surface area contributed by atoms with Crippen molar-refractivity contribution in [2.75, 3.05) is 26.3 Å². The number of ether oxygens (including phenoxy) is 1. The van der Waals surface area contributed by atoms with Crippen LogP contribution < -0.4 is 5.32 Å². The van der Waals surface area contributed by atoms with Crippen molar-refractivity contribution < 1.29 is 23.8 Å². The molecule has 1 saturated carbocycles. The molecule has 1 fully saturated rings. The van der Waals surface area contributed by atoms with E-state index in [0.29, 0.717) is 32.0 Å². The normalized spacial score (nSPS) is 16.7. The van der Waals surface area contributed by atoms with Gasteiger partial charge in [0.2, 0.25) is 17.7 Å². The Bertz CT molecular complexity index is 1280. The first kappa shape index (κ1) is 23.4. The van der Waals surface area contributed by atoms with Gasteiger partial charge < -0.3 is 24.5 Å². The topological polar surface area (TPSA) is 131 Å². The number of aliphatic hydroxyl groups excluding tert-OH is 1. The fourth-order valence-electron chi connectivity index (χ4n) is 4.07. The van der Waals surface area contributed by atoms with Gasteiger partial charge in [-0.1, -0.05) is 12.1 Å². The highest BCUT2D eigenvalue weighted by atomic mass is 32.1. The molecule has 2 N–H and O–H groups in total. The summed E-state index contributed by atoms with van der Waals surface area (Å²) in [6.45, 7) is 3.30. The van der Waals surface area contributed by atoms with Gasteiger partial charge in [-0.25, -0.2) is 9.78 Å². The van der Waals surface area contributed by atoms with E-state index < -0.39 is 5.54 Å². The maximum atomic E-state index is 12.2. The molecule has 0 atom stereocenters. The number of aromatic nitrogens is 3. The fraction of sp³-hybridized carbons (Fsp3) is 0.458. The molecular weight excluding hydrogens is 470 g/mol. The van der Waals surface area contributed by atoms with Crippen LogP contribution in [0, 0.1) is 0 Å². The van der Waals surface area contributed by atoms with Gasteiger partial charge in [0.15, 0.2) is 0 Å². The van der Waals surface area contributed by atoms with Gasteiger partial charge in [0.05, 0.1) is 35.4 Å². The van der Waals surface area contributed by atoms with Crippen molar-refractivity contribution in [1.82, 2.24) is 25.4 Å². The van der Waals surface area contributed by atoms with E-state index in [1.807, 2.05) is 6.07 Å². The van der Waals surface area contributed by atoms with Crippen molar-refractivity contribution in [3.8, 4) is 0 Å². The molecule has 184 valence electrons. The summed E-state index contributed by atoms with van der Waals surface area (Å²) in [5.74, 6) is 0.418. The van der Waals surface area contributed by atoms with Crippen molar-refractivity contribution in [3.63, 3.8) is 0 Å². The maximum absolute atomic E-state index is 12.2.